The number of nitrogens with zero attached hydrogens (tertiary/aromatic N) is 2. The molecule has 1 aliphatic heterocycles. The van der Waals surface area contributed by atoms with E-state index in [1.807, 2.05) is 24.3 Å². The molecule has 5 heteroatoms. The summed E-state index contributed by atoms with van der Waals surface area (Å²) < 4.78 is 11.7. The molecule has 0 amide bonds. The van der Waals surface area contributed by atoms with Crippen LogP contribution in [-0.4, -0.2) is 56.2 Å². The molecule has 21 heavy (non-hydrogen) atoms. The van der Waals surface area contributed by atoms with Gasteiger partial charge < -0.3 is 19.8 Å². The topological polar surface area (TPSA) is 54.9 Å². The molecule has 1 saturated heterocycles. The van der Waals surface area contributed by atoms with Gasteiger partial charge in [0.15, 0.2) is 11.5 Å². The van der Waals surface area contributed by atoms with Crippen molar-refractivity contribution in [3.8, 4) is 5.75 Å². The van der Waals surface area contributed by atoms with E-state index in [2.05, 4.69) is 16.8 Å². The van der Waals surface area contributed by atoms with Crippen LogP contribution in [0.1, 0.15) is 5.76 Å². The van der Waals surface area contributed by atoms with Crippen molar-refractivity contribution in [1.82, 2.24) is 9.80 Å². The maximum absolute atomic E-state index is 5.98. The van der Waals surface area contributed by atoms with Crippen molar-refractivity contribution >= 4 is 11.0 Å². The lowest BCUT2D eigenvalue weighted by atomic mass is 10.2. The molecule has 1 aromatic carbocycles. The highest BCUT2D eigenvalue weighted by Gasteiger charge is 2.16. The van der Waals surface area contributed by atoms with Gasteiger partial charge in [-0.3, -0.25) is 4.90 Å². The smallest absolute Gasteiger partial charge is 0.169 e. The summed E-state index contributed by atoms with van der Waals surface area (Å²) >= 11 is 0. The van der Waals surface area contributed by atoms with E-state index in [-0.39, 0.29) is 0 Å². The lowest BCUT2D eigenvalue weighted by Crippen LogP contribution is -2.45. The number of rotatable bonds is 5. The average molecular weight is 289 g/mol. The molecule has 0 spiro atoms. The third-order valence-electron chi connectivity index (χ3n) is 4.05. The Morgan fingerprint density at radius 3 is 2.71 bits per heavy atom. The number of furan rings is 1. The number of para-hydroxylation sites is 1. The van der Waals surface area contributed by atoms with Gasteiger partial charge in [0.2, 0.25) is 0 Å². The molecule has 2 heterocycles. The van der Waals surface area contributed by atoms with Crippen molar-refractivity contribution in [1.29, 1.82) is 0 Å². The minimum atomic E-state index is 0.360. The molecule has 0 bridgehead atoms. The third-order valence-corrected chi connectivity index (χ3v) is 4.05. The normalized spacial score (nSPS) is 17.4. The molecule has 0 atom stereocenters. The van der Waals surface area contributed by atoms with Crippen molar-refractivity contribution < 1.29 is 9.15 Å². The lowest BCUT2D eigenvalue weighted by molar-refractivity contribution is 0.133. The van der Waals surface area contributed by atoms with Crippen LogP contribution in [0.15, 0.2) is 28.7 Å². The van der Waals surface area contributed by atoms with E-state index in [9.17, 15) is 0 Å². The first-order valence-electron chi connectivity index (χ1n) is 7.52. The number of nitrogens with two attached hydrogens (primary N) is 1. The third kappa shape index (κ3) is 3.20. The summed E-state index contributed by atoms with van der Waals surface area (Å²) in [6.07, 6.45) is 0. The fraction of sp³-hybridized carbons (Fsp3) is 0.500. The van der Waals surface area contributed by atoms with E-state index in [0.717, 1.165) is 55.2 Å². The van der Waals surface area contributed by atoms with Crippen LogP contribution in [0.2, 0.25) is 0 Å². The van der Waals surface area contributed by atoms with Gasteiger partial charge >= 0.3 is 0 Å². The van der Waals surface area contributed by atoms with Gasteiger partial charge in [0.1, 0.15) is 12.2 Å². The maximum atomic E-state index is 5.98. The highest BCUT2D eigenvalue weighted by Crippen LogP contribution is 2.32. The minimum Gasteiger partial charge on any atom is -0.488 e. The number of piperazine rings is 1. The fourth-order valence-electron chi connectivity index (χ4n) is 2.71. The van der Waals surface area contributed by atoms with Gasteiger partial charge in [-0.05, 0) is 19.2 Å². The van der Waals surface area contributed by atoms with Crippen LogP contribution in [-0.2, 0) is 6.54 Å². The first-order valence-corrected chi connectivity index (χ1v) is 7.52. The quantitative estimate of drug-likeness (QED) is 0.904. The Labute approximate surface area is 125 Å². The van der Waals surface area contributed by atoms with Crippen LogP contribution in [0.3, 0.4) is 0 Å². The summed E-state index contributed by atoms with van der Waals surface area (Å²) in [5.41, 5.74) is 6.59. The average Bonchev–Trinajstić information content (AvgIpc) is 2.87. The van der Waals surface area contributed by atoms with Crippen LogP contribution >= 0.6 is 0 Å². The number of hydrogen-bond acceptors (Lipinski definition) is 5. The van der Waals surface area contributed by atoms with Crippen molar-refractivity contribution in [3.05, 3.63) is 30.0 Å². The molecule has 0 saturated carbocycles. The second-order valence-electron chi connectivity index (χ2n) is 5.55. The zero-order valence-corrected chi connectivity index (χ0v) is 12.5. The Kier molecular flexibility index (Phi) is 4.43. The van der Waals surface area contributed by atoms with Crippen molar-refractivity contribution in [2.75, 3.05) is 46.4 Å². The standard InChI is InChI=1S/C16H23N3O2/c1-18-6-8-19(9-7-18)10-11-20-16-13-4-2-3-5-14(13)21-15(16)12-17/h2-5H,6-12,17H2,1H3. The zero-order chi connectivity index (χ0) is 14.7. The SMILES string of the molecule is CN1CCN(CCOc2c(CN)oc3ccccc23)CC1. The van der Waals surface area contributed by atoms with E-state index >= 15 is 0 Å². The number of likely N-dealkylation sites (N-methyl/N-ethyl adjacent to an activating group) is 1. The number of fused-ring (bicyclic) bond motifs is 1. The monoisotopic (exact) mass is 289 g/mol. The van der Waals surface area contributed by atoms with E-state index in [1.165, 1.54) is 0 Å². The van der Waals surface area contributed by atoms with Crippen LogP contribution < -0.4 is 10.5 Å². The summed E-state index contributed by atoms with van der Waals surface area (Å²) in [6, 6.07) is 7.91. The molecule has 0 aliphatic carbocycles. The summed E-state index contributed by atoms with van der Waals surface area (Å²) in [4.78, 5) is 4.79. The number of hydrogen-bond donors (Lipinski definition) is 1. The summed E-state index contributed by atoms with van der Waals surface area (Å²) in [7, 11) is 2.17. The Morgan fingerprint density at radius 2 is 1.95 bits per heavy atom. The van der Waals surface area contributed by atoms with Crippen molar-refractivity contribution in [3.63, 3.8) is 0 Å². The summed E-state index contributed by atoms with van der Waals surface area (Å²) in [6.45, 7) is 6.44. The number of benzene rings is 1. The van der Waals surface area contributed by atoms with Crippen molar-refractivity contribution in [2.45, 2.75) is 6.54 Å². The first-order chi connectivity index (χ1) is 10.3. The minimum absolute atomic E-state index is 0.360. The molecule has 0 unspecified atom stereocenters. The van der Waals surface area contributed by atoms with E-state index in [0.29, 0.717) is 13.2 Å². The van der Waals surface area contributed by atoms with Crippen LogP contribution in [0.4, 0.5) is 0 Å². The summed E-state index contributed by atoms with van der Waals surface area (Å²) in [5, 5.41) is 1.01. The molecule has 3 rings (SSSR count). The van der Waals surface area contributed by atoms with Gasteiger partial charge in [-0.1, -0.05) is 12.1 Å². The van der Waals surface area contributed by atoms with Crippen LogP contribution in [0.5, 0.6) is 5.75 Å². The predicted molar refractivity (Wildman–Crippen MR) is 83.5 cm³/mol. The highest BCUT2D eigenvalue weighted by molar-refractivity contribution is 5.85. The van der Waals surface area contributed by atoms with Gasteiger partial charge in [-0.25, -0.2) is 0 Å². The van der Waals surface area contributed by atoms with Crippen LogP contribution in [0.25, 0.3) is 11.0 Å². The molecule has 1 aliphatic rings. The van der Waals surface area contributed by atoms with Gasteiger partial charge in [0.05, 0.1) is 11.9 Å². The predicted octanol–water partition coefficient (Wildman–Crippen LogP) is 1.52. The molecule has 5 nitrogen and oxygen atoms in total. The zero-order valence-electron chi connectivity index (χ0n) is 12.5. The fourth-order valence-corrected chi connectivity index (χ4v) is 2.71. The van der Waals surface area contributed by atoms with E-state index in [4.69, 9.17) is 14.9 Å². The second-order valence-corrected chi connectivity index (χ2v) is 5.55. The van der Waals surface area contributed by atoms with Crippen molar-refractivity contribution in [2.24, 2.45) is 5.73 Å². The molecule has 0 radical (unpaired) electrons. The van der Waals surface area contributed by atoms with Gasteiger partial charge in [-0.15, -0.1) is 0 Å². The van der Waals surface area contributed by atoms with Gasteiger partial charge in [0.25, 0.3) is 0 Å². The molecule has 1 aromatic heterocycles. The summed E-state index contributed by atoms with van der Waals surface area (Å²) in [5.74, 6) is 1.54. The Hall–Kier alpha value is -1.56. The van der Waals surface area contributed by atoms with Gasteiger partial charge in [0, 0.05) is 32.7 Å². The molecular formula is C16H23N3O2. The Morgan fingerprint density at radius 1 is 1.19 bits per heavy atom. The highest BCUT2D eigenvalue weighted by atomic mass is 16.5. The molecule has 1 fully saturated rings. The molecule has 2 aromatic rings. The first kappa shape index (κ1) is 14.4. The molecule has 2 N–H and O–H groups in total. The molecule has 114 valence electrons. The number of ether oxygens (including phenoxy) is 1. The molecular weight excluding hydrogens is 266 g/mol. The van der Waals surface area contributed by atoms with Gasteiger partial charge in [-0.2, -0.15) is 0 Å². The largest absolute Gasteiger partial charge is 0.488 e. The maximum Gasteiger partial charge on any atom is 0.169 e. The second kappa shape index (κ2) is 6.47. The van der Waals surface area contributed by atoms with E-state index in [1.54, 1.807) is 0 Å². The lowest BCUT2D eigenvalue weighted by Gasteiger charge is -2.32. The Balaban J connectivity index is 1.62. The Bertz CT molecular complexity index is 588. The van der Waals surface area contributed by atoms with E-state index < -0.39 is 0 Å². The van der Waals surface area contributed by atoms with Crippen LogP contribution in [0, 0.1) is 0 Å².